The minimum atomic E-state index is -0.918. The van der Waals surface area contributed by atoms with Gasteiger partial charge in [0.05, 0.1) is 18.3 Å². The maximum atomic E-state index is 11.4. The second-order valence-corrected chi connectivity index (χ2v) is 6.95. The molecule has 0 saturated carbocycles. The van der Waals surface area contributed by atoms with E-state index in [9.17, 15) is 9.90 Å². The van der Waals surface area contributed by atoms with Crippen LogP contribution in [0.5, 0.6) is 0 Å². The van der Waals surface area contributed by atoms with E-state index in [2.05, 4.69) is 47.3 Å². The number of anilines is 2. The summed E-state index contributed by atoms with van der Waals surface area (Å²) in [5.41, 5.74) is 5.69. The minimum absolute atomic E-state index is 0.0204. The van der Waals surface area contributed by atoms with Crippen molar-refractivity contribution < 1.29 is 14.6 Å². The van der Waals surface area contributed by atoms with E-state index >= 15 is 0 Å². The van der Waals surface area contributed by atoms with Crippen molar-refractivity contribution in [1.29, 1.82) is 0 Å². The number of aromatic nitrogens is 1. The SMILES string of the molecule is CN(c1ccccc1)c1ccc2c(c1)CO[C@@H]2CCc1cnccc1C(=O)O. The molecule has 1 aliphatic heterocycles. The molecule has 0 amide bonds. The van der Waals surface area contributed by atoms with Crippen LogP contribution in [0.4, 0.5) is 11.4 Å². The Bertz CT molecular complexity index is 988. The second-order valence-electron chi connectivity index (χ2n) is 6.95. The number of fused-ring (bicyclic) bond motifs is 1. The van der Waals surface area contributed by atoms with Crippen LogP contribution in [-0.2, 0) is 17.8 Å². The fourth-order valence-corrected chi connectivity index (χ4v) is 3.68. The number of ether oxygens (including phenoxy) is 1. The van der Waals surface area contributed by atoms with Crippen molar-refractivity contribution in [3.63, 3.8) is 0 Å². The average molecular weight is 374 g/mol. The van der Waals surface area contributed by atoms with Gasteiger partial charge >= 0.3 is 5.97 Å². The zero-order valence-electron chi connectivity index (χ0n) is 15.7. The fraction of sp³-hybridized carbons (Fsp3) is 0.217. The van der Waals surface area contributed by atoms with Gasteiger partial charge in [-0.3, -0.25) is 4.98 Å². The Balaban J connectivity index is 1.49. The number of benzene rings is 2. The van der Waals surface area contributed by atoms with Crippen LogP contribution in [0.3, 0.4) is 0 Å². The van der Waals surface area contributed by atoms with Gasteiger partial charge in [-0.2, -0.15) is 0 Å². The topological polar surface area (TPSA) is 62.7 Å². The Hall–Kier alpha value is -3.18. The van der Waals surface area contributed by atoms with E-state index in [1.807, 2.05) is 18.2 Å². The highest BCUT2D eigenvalue weighted by molar-refractivity contribution is 5.89. The van der Waals surface area contributed by atoms with Crippen LogP contribution in [0.15, 0.2) is 67.0 Å². The molecule has 0 spiro atoms. The molecule has 5 nitrogen and oxygen atoms in total. The molecular formula is C23H22N2O3. The second kappa shape index (κ2) is 7.82. The van der Waals surface area contributed by atoms with E-state index in [0.29, 0.717) is 18.6 Å². The zero-order chi connectivity index (χ0) is 19.5. The number of aryl methyl sites for hydroxylation is 1. The molecule has 1 atom stereocenters. The lowest BCUT2D eigenvalue weighted by atomic mass is 9.97. The largest absolute Gasteiger partial charge is 0.478 e. The van der Waals surface area contributed by atoms with Crippen molar-refractivity contribution in [3.05, 3.63) is 89.2 Å². The third kappa shape index (κ3) is 3.62. The molecule has 0 aliphatic carbocycles. The predicted molar refractivity (Wildman–Crippen MR) is 108 cm³/mol. The number of carboxylic acids is 1. The van der Waals surface area contributed by atoms with Crippen LogP contribution in [0.2, 0.25) is 0 Å². The quantitative estimate of drug-likeness (QED) is 0.674. The van der Waals surface area contributed by atoms with Gasteiger partial charge in [0.1, 0.15) is 0 Å². The van der Waals surface area contributed by atoms with Gasteiger partial charge in [0.2, 0.25) is 0 Å². The molecule has 5 heteroatoms. The van der Waals surface area contributed by atoms with E-state index in [4.69, 9.17) is 4.74 Å². The summed E-state index contributed by atoms with van der Waals surface area (Å²) in [4.78, 5) is 17.6. The Morgan fingerprint density at radius 3 is 2.79 bits per heavy atom. The van der Waals surface area contributed by atoms with Gasteiger partial charge < -0.3 is 14.7 Å². The Morgan fingerprint density at radius 2 is 2.00 bits per heavy atom. The highest BCUT2D eigenvalue weighted by Gasteiger charge is 2.24. The number of carbonyl (C=O) groups is 1. The lowest BCUT2D eigenvalue weighted by molar-refractivity contribution is 0.0599. The first kappa shape index (κ1) is 18.2. The molecule has 0 fully saturated rings. The van der Waals surface area contributed by atoms with Crippen LogP contribution in [0, 0.1) is 0 Å². The number of pyridine rings is 1. The molecule has 1 N–H and O–H groups in total. The summed E-state index contributed by atoms with van der Waals surface area (Å²) in [5.74, 6) is -0.918. The van der Waals surface area contributed by atoms with E-state index in [-0.39, 0.29) is 6.10 Å². The van der Waals surface area contributed by atoms with Crippen LogP contribution in [0.25, 0.3) is 0 Å². The predicted octanol–water partition coefficient (Wildman–Crippen LogP) is 4.75. The number of hydrogen-bond donors (Lipinski definition) is 1. The van der Waals surface area contributed by atoms with Gasteiger partial charge in [-0.15, -0.1) is 0 Å². The number of carboxylic acid groups (broad SMARTS) is 1. The zero-order valence-corrected chi connectivity index (χ0v) is 15.7. The lowest BCUT2D eigenvalue weighted by Crippen LogP contribution is -2.09. The summed E-state index contributed by atoms with van der Waals surface area (Å²) in [6.45, 7) is 0.579. The first-order valence-electron chi connectivity index (χ1n) is 9.33. The third-order valence-electron chi connectivity index (χ3n) is 5.25. The molecule has 28 heavy (non-hydrogen) atoms. The first-order chi connectivity index (χ1) is 13.6. The Labute approximate surface area is 164 Å². The first-order valence-corrected chi connectivity index (χ1v) is 9.33. The molecule has 0 radical (unpaired) electrons. The summed E-state index contributed by atoms with van der Waals surface area (Å²) < 4.78 is 6.00. The monoisotopic (exact) mass is 374 g/mol. The molecule has 0 bridgehead atoms. The van der Waals surface area contributed by atoms with E-state index < -0.39 is 5.97 Å². The van der Waals surface area contributed by atoms with Gasteiger partial charge in [-0.25, -0.2) is 4.79 Å². The fourth-order valence-electron chi connectivity index (χ4n) is 3.68. The number of aromatic carboxylic acids is 1. The van der Waals surface area contributed by atoms with Crippen molar-refractivity contribution in [2.45, 2.75) is 25.6 Å². The van der Waals surface area contributed by atoms with Crippen LogP contribution >= 0.6 is 0 Å². The molecule has 2 aromatic carbocycles. The Morgan fingerprint density at radius 1 is 1.18 bits per heavy atom. The summed E-state index contributed by atoms with van der Waals surface area (Å²) in [6.07, 6.45) is 4.47. The summed E-state index contributed by atoms with van der Waals surface area (Å²) in [6, 6.07) is 18.2. The summed E-state index contributed by atoms with van der Waals surface area (Å²) in [5, 5.41) is 9.33. The Kier molecular flexibility index (Phi) is 5.08. The third-order valence-corrected chi connectivity index (χ3v) is 5.25. The number of para-hydroxylation sites is 1. The van der Waals surface area contributed by atoms with Gasteiger partial charge in [-0.1, -0.05) is 24.3 Å². The van der Waals surface area contributed by atoms with Crippen LogP contribution in [-0.4, -0.2) is 23.1 Å². The lowest BCUT2D eigenvalue weighted by Gasteiger charge is -2.20. The summed E-state index contributed by atoms with van der Waals surface area (Å²) in [7, 11) is 2.06. The molecule has 3 aromatic rings. The normalized spacial score (nSPS) is 15.2. The highest BCUT2D eigenvalue weighted by Crippen LogP contribution is 2.37. The average Bonchev–Trinajstić information content (AvgIpc) is 3.14. The van der Waals surface area contributed by atoms with Crippen molar-refractivity contribution in [1.82, 2.24) is 4.98 Å². The van der Waals surface area contributed by atoms with E-state index in [0.717, 1.165) is 23.4 Å². The molecule has 4 rings (SSSR count). The highest BCUT2D eigenvalue weighted by atomic mass is 16.5. The number of rotatable bonds is 6. The van der Waals surface area contributed by atoms with E-state index in [1.165, 1.54) is 17.3 Å². The molecule has 0 saturated heterocycles. The standard InChI is InChI=1S/C23H22N2O3/c1-25(18-5-3-2-4-6-18)19-8-9-20-17(13-19)15-28-22(20)10-7-16-14-24-12-11-21(16)23(26)27/h2-6,8-9,11-14,22H,7,10,15H2,1H3,(H,26,27)/t22-/m1/s1. The van der Waals surface area contributed by atoms with Crippen molar-refractivity contribution in [2.24, 2.45) is 0 Å². The van der Waals surface area contributed by atoms with Gasteiger partial charge in [0.15, 0.2) is 0 Å². The summed E-state index contributed by atoms with van der Waals surface area (Å²) >= 11 is 0. The molecule has 142 valence electrons. The molecule has 0 unspecified atom stereocenters. The molecule has 2 heterocycles. The smallest absolute Gasteiger partial charge is 0.336 e. The minimum Gasteiger partial charge on any atom is -0.478 e. The number of nitrogens with zero attached hydrogens (tertiary/aromatic N) is 2. The maximum absolute atomic E-state index is 11.4. The molecule has 1 aromatic heterocycles. The van der Waals surface area contributed by atoms with Gasteiger partial charge in [0.25, 0.3) is 0 Å². The van der Waals surface area contributed by atoms with Crippen molar-refractivity contribution in [2.75, 3.05) is 11.9 Å². The van der Waals surface area contributed by atoms with Crippen LogP contribution in [0.1, 0.15) is 39.6 Å². The maximum Gasteiger partial charge on any atom is 0.336 e. The number of hydrogen-bond acceptors (Lipinski definition) is 4. The van der Waals surface area contributed by atoms with Gasteiger partial charge in [0, 0.05) is 30.8 Å². The van der Waals surface area contributed by atoms with Crippen molar-refractivity contribution >= 4 is 17.3 Å². The van der Waals surface area contributed by atoms with E-state index in [1.54, 1.807) is 12.3 Å². The van der Waals surface area contributed by atoms with Crippen molar-refractivity contribution in [3.8, 4) is 0 Å². The van der Waals surface area contributed by atoms with Crippen LogP contribution < -0.4 is 4.90 Å². The van der Waals surface area contributed by atoms with Gasteiger partial charge in [-0.05, 0) is 59.9 Å². The molecular weight excluding hydrogens is 352 g/mol. The molecule has 1 aliphatic rings.